The van der Waals surface area contributed by atoms with Crippen LogP contribution in [-0.2, 0) is 14.3 Å². The molecule has 0 aliphatic carbocycles. The Kier molecular flexibility index (Phi) is 4.39. The molecule has 0 saturated carbocycles. The maximum atomic E-state index is 12.2. The number of carbonyl (C=O) groups is 3. The molecule has 2 saturated heterocycles. The third-order valence-corrected chi connectivity index (χ3v) is 3.54. The summed E-state index contributed by atoms with van der Waals surface area (Å²) in [6.45, 7) is 7.35. The van der Waals surface area contributed by atoms with Gasteiger partial charge in [0.25, 0.3) is 0 Å². The van der Waals surface area contributed by atoms with E-state index in [1.165, 1.54) is 0 Å². The molecule has 0 bridgehead atoms. The van der Waals surface area contributed by atoms with E-state index in [0.717, 1.165) is 0 Å². The standard InChI is InChI=1S/C14H23N3O4/c1-14(2,3)21-13(20)17-8-6-16(7-9-17)12(19)10-4-5-11(18)15-10/h10H,4-9H2,1-3H3,(H,15,18). The van der Waals surface area contributed by atoms with Crippen molar-refractivity contribution in [2.75, 3.05) is 26.2 Å². The van der Waals surface area contributed by atoms with Gasteiger partial charge in [0.15, 0.2) is 0 Å². The van der Waals surface area contributed by atoms with E-state index < -0.39 is 11.6 Å². The Bertz CT molecular complexity index is 436. The van der Waals surface area contributed by atoms with Crippen LogP contribution in [0.25, 0.3) is 0 Å². The molecule has 0 radical (unpaired) electrons. The molecule has 0 aromatic heterocycles. The van der Waals surface area contributed by atoms with E-state index in [1.807, 2.05) is 20.8 Å². The van der Waals surface area contributed by atoms with E-state index in [-0.39, 0.29) is 17.9 Å². The van der Waals surface area contributed by atoms with Crippen molar-refractivity contribution in [3.63, 3.8) is 0 Å². The van der Waals surface area contributed by atoms with Crippen LogP contribution in [0.3, 0.4) is 0 Å². The molecule has 0 aromatic rings. The van der Waals surface area contributed by atoms with Gasteiger partial charge in [-0.2, -0.15) is 0 Å². The van der Waals surface area contributed by atoms with Crippen molar-refractivity contribution >= 4 is 17.9 Å². The van der Waals surface area contributed by atoms with Crippen molar-refractivity contribution in [1.29, 1.82) is 0 Å². The van der Waals surface area contributed by atoms with Gasteiger partial charge < -0.3 is 19.9 Å². The largest absolute Gasteiger partial charge is 0.444 e. The lowest BCUT2D eigenvalue weighted by Gasteiger charge is -2.36. The molecule has 1 unspecified atom stereocenters. The fraction of sp³-hybridized carbons (Fsp3) is 0.786. The maximum Gasteiger partial charge on any atom is 0.410 e. The molecular formula is C14H23N3O4. The van der Waals surface area contributed by atoms with E-state index in [0.29, 0.717) is 39.0 Å². The molecule has 21 heavy (non-hydrogen) atoms. The Morgan fingerprint density at radius 3 is 2.19 bits per heavy atom. The van der Waals surface area contributed by atoms with Crippen molar-refractivity contribution in [1.82, 2.24) is 15.1 Å². The first kappa shape index (κ1) is 15.6. The second kappa shape index (κ2) is 5.91. The number of hydrogen-bond donors (Lipinski definition) is 1. The molecule has 7 nitrogen and oxygen atoms in total. The Hall–Kier alpha value is -1.79. The van der Waals surface area contributed by atoms with Gasteiger partial charge in [0.05, 0.1) is 0 Å². The van der Waals surface area contributed by atoms with Crippen molar-refractivity contribution < 1.29 is 19.1 Å². The Morgan fingerprint density at radius 1 is 1.14 bits per heavy atom. The fourth-order valence-corrected chi connectivity index (χ4v) is 2.46. The van der Waals surface area contributed by atoms with Gasteiger partial charge in [-0.1, -0.05) is 0 Å². The highest BCUT2D eigenvalue weighted by molar-refractivity contribution is 5.90. The summed E-state index contributed by atoms with van der Waals surface area (Å²) in [6.07, 6.45) is 0.627. The second-order valence-corrected chi connectivity index (χ2v) is 6.45. The quantitative estimate of drug-likeness (QED) is 0.757. The molecule has 3 amide bonds. The van der Waals surface area contributed by atoms with Crippen LogP contribution in [0, 0.1) is 0 Å². The summed E-state index contributed by atoms with van der Waals surface area (Å²) >= 11 is 0. The Morgan fingerprint density at radius 2 is 1.71 bits per heavy atom. The van der Waals surface area contributed by atoms with E-state index in [9.17, 15) is 14.4 Å². The van der Waals surface area contributed by atoms with E-state index >= 15 is 0 Å². The van der Waals surface area contributed by atoms with Crippen LogP contribution in [-0.4, -0.2) is 65.5 Å². The van der Waals surface area contributed by atoms with Crippen LogP contribution in [0.1, 0.15) is 33.6 Å². The van der Waals surface area contributed by atoms with Gasteiger partial charge in [0.2, 0.25) is 11.8 Å². The highest BCUT2D eigenvalue weighted by Crippen LogP contribution is 2.14. The van der Waals surface area contributed by atoms with Crippen molar-refractivity contribution in [2.45, 2.75) is 45.3 Å². The van der Waals surface area contributed by atoms with E-state index in [4.69, 9.17) is 4.74 Å². The minimum atomic E-state index is -0.516. The number of nitrogens with one attached hydrogen (secondary N) is 1. The van der Waals surface area contributed by atoms with E-state index in [2.05, 4.69) is 5.32 Å². The zero-order valence-corrected chi connectivity index (χ0v) is 12.8. The average Bonchev–Trinajstić information content (AvgIpc) is 2.83. The van der Waals surface area contributed by atoms with E-state index in [1.54, 1.807) is 9.80 Å². The third-order valence-electron chi connectivity index (χ3n) is 3.54. The lowest BCUT2D eigenvalue weighted by Crippen LogP contribution is -2.55. The molecule has 1 N–H and O–H groups in total. The van der Waals surface area contributed by atoms with Crippen LogP contribution in [0.2, 0.25) is 0 Å². The normalized spacial score (nSPS) is 23.0. The summed E-state index contributed by atoms with van der Waals surface area (Å²) in [5, 5.41) is 2.68. The van der Waals surface area contributed by atoms with Crippen molar-refractivity contribution in [3.05, 3.63) is 0 Å². The summed E-state index contributed by atoms with van der Waals surface area (Å²) < 4.78 is 5.31. The highest BCUT2D eigenvalue weighted by atomic mass is 16.6. The van der Waals surface area contributed by atoms with Crippen molar-refractivity contribution in [2.24, 2.45) is 0 Å². The monoisotopic (exact) mass is 297 g/mol. The van der Waals surface area contributed by atoms with Gasteiger partial charge in [0, 0.05) is 32.6 Å². The first-order valence-electron chi connectivity index (χ1n) is 7.32. The third kappa shape index (κ3) is 4.09. The zero-order chi connectivity index (χ0) is 15.6. The molecule has 2 aliphatic heterocycles. The molecule has 2 heterocycles. The number of amides is 3. The summed E-state index contributed by atoms with van der Waals surface area (Å²) in [4.78, 5) is 38.6. The van der Waals surface area contributed by atoms with Gasteiger partial charge in [-0.15, -0.1) is 0 Å². The van der Waals surface area contributed by atoms with Gasteiger partial charge >= 0.3 is 6.09 Å². The number of piperazine rings is 1. The molecule has 0 aromatic carbocycles. The predicted molar refractivity (Wildman–Crippen MR) is 75.6 cm³/mol. The molecule has 118 valence electrons. The van der Waals surface area contributed by atoms with Gasteiger partial charge in [0.1, 0.15) is 11.6 Å². The Balaban J connectivity index is 1.81. The lowest BCUT2D eigenvalue weighted by molar-refractivity contribution is -0.136. The molecule has 2 fully saturated rings. The molecule has 2 aliphatic rings. The lowest BCUT2D eigenvalue weighted by atomic mass is 10.2. The van der Waals surface area contributed by atoms with Crippen molar-refractivity contribution in [3.8, 4) is 0 Å². The summed E-state index contributed by atoms with van der Waals surface area (Å²) in [5.41, 5.74) is -0.516. The number of rotatable bonds is 1. The molecule has 1 atom stereocenters. The van der Waals surface area contributed by atoms with Gasteiger partial charge in [-0.25, -0.2) is 4.79 Å². The topological polar surface area (TPSA) is 79.0 Å². The Labute approximate surface area is 124 Å². The maximum absolute atomic E-state index is 12.2. The highest BCUT2D eigenvalue weighted by Gasteiger charge is 2.33. The summed E-state index contributed by atoms with van der Waals surface area (Å²) in [6, 6.07) is -0.398. The number of carbonyl (C=O) groups excluding carboxylic acids is 3. The van der Waals surface area contributed by atoms with Crippen LogP contribution < -0.4 is 5.32 Å². The molecule has 2 rings (SSSR count). The molecule has 7 heteroatoms. The summed E-state index contributed by atoms with van der Waals surface area (Å²) in [5.74, 6) is -0.120. The first-order chi connectivity index (χ1) is 9.76. The van der Waals surface area contributed by atoms with Crippen LogP contribution in [0.5, 0.6) is 0 Å². The minimum Gasteiger partial charge on any atom is -0.444 e. The predicted octanol–water partition coefficient (Wildman–Crippen LogP) is 0.344. The second-order valence-electron chi connectivity index (χ2n) is 6.45. The van der Waals surface area contributed by atoms with Gasteiger partial charge in [-0.05, 0) is 27.2 Å². The SMILES string of the molecule is CC(C)(C)OC(=O)N1CCN(C(=O)C2CCC(=O)N2)CC1. The summed E-state index contributed by atoms with van der Waals surface area (Å²) in [7, 11) is 0. The molecular weight excluding hydrogens is 274 g/mol. The van der Waals surface area contributed by atoms with Crippen LogP contribution in [0.15, 0.2) is 0 Å². The number of nitrogens with zero attached hydrogens (tertiary/aromatic N) is 2. The molecule has 0 spiro atoms. The zero-order valence-electron chi connectivity index (χ0n) is 12.8. The average molecular weight is 297 g/mol. The van der Waals surface area contributed by atoms with Crippen LogP contribution in [0.4, 0.5) is 4.79 Å². The smallest absolute Gasteiger partial charge is 0.410 e. The van der Waals surface area contributed by atoms with Gasteiger partial charge in [-0.3, -0.25) is 9.59 Å². The number of hydrogen-bond acceptors (Lipinski definition) is 4. The number of ether oxygens (including phenoxy) is 1. The van der Waals surface area contributed by atoms with Crippen LogP contribution >= 0.6 is 0 Å². The first-order valence-corrected chi connectivity index (χ1v) is 7.32. The minimum absolute atomic E-state index is 0.0512. The fourth-order valence-electron chi connectivity index (χ4n) is 2.46.